The van der Waals surface area contributed by atoms with Crippen molar-refractivity contribution in [3.8, 4) is 11.5 Å². The van der Waals surface area contributed by atoms with E-state index in [1.807, 2.05) is 32.0 Å². The summed E-state index contributed by atoms with van der Waals surface area (Å²) in [5.41, 5.74) is 0. The Kier molecular flexibility index (Phi) is 3.48. The molecule has 2 nitrogen and oxygen atoms in total. The van der Waals surface area contributed by atoms with Gasteiger partial charge in [-0.1, -0.05) is 0 Å². The highest BCUT2D eigenvalue weighted by atomic mass is 32.1. The van der Waals surface area contributed by atoms with Crippen LogP contribution in [0, 0.1) is 0 Å². The minimum absolute atomic E-state index is 0.152. The van der Waals surface area contributed by atoms with Gasteiger partial charge in [0.2, 0.25) is 0 Å². The molecule has 0 radical (unpaired) electrons. The van der Waals surface area contributed by atoms with E-state index in [2.05, 4.69) is 12.6 Å². The van der Waals surface area contributed by atoms with Crippen LogP contribution in [0.5, 0.6) is 11.5 Å². The highest BCUT2D eigenvalue weighted by Gasteiger charge is 2.05. The Labute approximate surface area is 84.3 Å². The molecule has 0 saturated carbocycles. The Morgan fingerprint density at radius 3 is 2.46 bits per heavy atom. The molecule has 3 heteroatoms. The molecular weight excluding hydrogens is 184 g/mol. The van der Waals surface area contributed by atoms with Crippen molar-refractivity contribution in [3.05, 3.63) is 18.2 Å². The second-order valence-electron chi connectivity index (χ2n) is 3.00. The van der Waals surface area contributed by atoms with Gasteiger partial charge in [-0.3, -0.25) is 0 Å². The molecule has 13 heavy (non-hydrogen) atoms. The standard InChI is InChI=1S/C10H14O2S/c1-7(2)12-9-5-4-8(13)6-10(9)11-3/h4-7,13H,1-3H3. The third-order valence-electron chi connectivity index (χ3n) is 1.51. The highest BCUT2D eigenvalue weighted by molar-refractivity contribution is 7.80. The molecule has 0 aliphatic rings. The number of benzene rings is 1. The zero-order valence-electron chi connectivity index (χ0n) is 8.07. The van der Waals surface area contributed by atoms with Crippen molar-refractivity contribution in [2.75, 3.05) is 7.11 Å². The molecule has 0 unspecified atom stereocenters. The summed E-state index contributed by atoms with van der Waals surface area (Å²) >= 11 is 4.21. The zero-order chi connectivity index (χ0) is 9.84. The summed E-state index contributed by atoms with van der Waals surface area (Å²) < 4.78 is 10.7. The van der Waals surface area contributed by atoms with E-state index < -0.39 is 0 Å². The first-order valence-electron chi connectivity index (χ1n) is 4.17. The SMILES string of the molecule is COc1cc(S)ccc1OC(C)C. The maximum atomic E-state index is 5.53. The lowest BCUT2D eigenvalue weighted by atomic mass is 10.3. The van der Waals surface area contributed by atoms with Crippen LogP contribution in [0.25, 0.3) is 0 Å². The summed E-state index contributed by atoms with van der Waals surface area (Å²) in [5.74, 6) is 1.48. The van der Waals surface area contributed by atoms with Gasteiger partial charge in [-0.15, -0.1) is 12.6 Å². The quantitative estimate of drug-likeness (QED) is 0.753. The molecular formula is C10H14O2S. The first kappa shape index (κ1) is 10.3. The molecule has 0 N–H and O–H groups in total. The molecule has 0 fully saturated rings. The Hall–Kier alpha value is -0.830. The first-order valence-corrected chi connectivity index (χ1v) is 4.62. The van der Waals surface area contributed by atoms with Crippen LogP contribution >= 0.6 is 12.6 Å². The summed E-state index contributed by atoms with van der Waals surface area (Å²) in [6.07, 6.45) is 0.152. The van der Waals surface area contributed by atoms with Crippen LogP contribution in [0.15, 0.2) is 23.1 Å². The number of ether oxygens (including phenoxy) is 2. The van der Waals surface area contributed by atoms with E-state index in [1.54, 1.807) is 7.11 Å². The lowest BCUT2D eigenvalue weighted by Gasteiger charge is -2.13. The second-order valence-corrected chi connectivity index (χ2v) is 3.52. The Bertz CT molecular complexity index is 284. The van der Waals surface area contributed by atoms with E-state index in [0.29, 0.717) is 0 Å². The molecule has 1 rings (SSSR count). The lowest BCUT2D eigenvalue weighted by Crippen LogP contribution is -2.06. The Morgan fingerprint density at radius 1 is 1.23 bits per heavy atom. The highest BCUT2D eigenvalue weighted by Crippen LogP contribution is 2.29. The van der Waals surface area contributed by atoms with Crippen molar-refractivity contribution < 1.29 is 9.47 Å². The fourth-order valence-corrected chi connectivity index (χ4v) is 1.20. The monoisotopic (exact) mass is 198 g/mol. The molecule has 0 bridgehead atoms. The van der Waals surface area contributed by atoms with Crippen molar-refractivity contribution in [2.45, 2.75) is 24.8 Å². The Balaban J connectivity index is 2.92. The van der Waals surface area contributed by atoms with Crippen LogP contribution in [0.4, 0.5) is 0 Å². The predicted molar refractivity (Wildman–Crippen MR) is 56.0 cm³/mol. The zero-order valence-corrected chi connectivity index (χ0v) is 8.97. The maximum absolute atomic E-state index is 5.53. The molecule has 1 aromatic rings. The van der Waals surface area contributed by atoms with Gasteiger partial charge >= 0.3 is 0 Å². The van der Waals surface area contributed by atoms with Crippen molar-refractivity contribution in [2.24, 2.45) is 0 Å². The maximum Gasteiger partial charge on any atom is 0.161 e. The third kappa shape index (κ3) is 2.84. The van der Waals surface area contributed by atoms with Gasteiger partial charge in [0.05, 0.1) is 13.2 Å². The fourth-order valence-electron chi connectivity index (χ4n) is 1.01. The Morgan fingerprint density at radius 2 is 1.92 bits per heavy atom. The first-order chi connectivity index (χ1) is 6.13. The van der Waals surface area contributed by atoms with Crippen LogP contribution < -0.4 is 9.47 Å². The smallest absolute Gasteiger partial charge is 0.161 e. The number of methoxy groups -OCH3 is 1. The number of rotatable bonds is 3. The van der Waals surface area contributed by atoms with E-state index in [4.69, 9.17) is 9.47 Å². The molecule has 1 aromatic carbocycles. The van der Waals surface area contributed by atoms with E-state index >= 15 is 0 Å². The van der Waals surface area contributed by atoms with Crippen molar-refractivity contribution in [1.82, 2.24) is 0 Å². The van der Waals surface area contributed by atoms with Gasteiger partial charge in [0.25, 0.3) is 0 Å². The van der Waals surface area contributed by atoms with Crippen LogP contribution in [0.2, 0.25) is 0 Å². The molecule has 0 aliphatic heterocycles. The topological polar surface area (TPSA) is 18.5 Å². The summed E-state index contributed by atoms with van der Waals surface area (Å²) in [4.78, 5) is 0.868. The average molecular weight is 198 g/mol. The van der Waals surface area contributed by atoms with Crippen molar-refractivity contribution >= 4 is 12.6 Å². The summed E-state index contributed by atoms with van der Waals surface area (Å²) in [6.45, 7) is 3.96. The molecule has 0 saturated heterocycles. The minimum Gasteiger partial charge on any atom is -0.493 e. The van der Waals surface area contributed by atoms with Gasteiger partial charge in [0, 0.05) is 4.90 Å². The van der Waals surface area contributed by atoms with Gasteiger partial charge in [-0.25, -0.2) is 0 Å². The van der Waals surface area contributed by atoms with Gasteiger partial charge in [-0.2, -0.15) is 0 Å². The van der Waals surface area contributed by atoms with E-state index in [-0.39, 0.29) is 6.10 Å². The second kappa shape index (κ2) is 4.42. The average Bonchev–Trinajstić information content (AvgIpc) is 2.07. The van der Waals surface area contributed by atoms with Crippen molar-refractivity contribution in [1.29, 1.82) is 0 Å². The molecule has 0 atom stereocenters. The van der Waals surface area contributed by atoms with Gasteiger partial charge < -0.3 is 9.47 Å². The van der Waals surface area contributed by atoms with Crippen LogP contribution in [0.3, 0.4) is 0 Å². The summed E-state index contributed by atoms with van der Waals surface area (Å²) in [5, 5.41) is 0. The van der Waals surface area contributed by atoms with Crippen LogP contribution in [-0.2, 0) is 0 Å². The van der Waals surface area contributed by atoms with E-state index in [0.717, 1.165) is 16.4 Å². The molecule has 0 heterocycles. The fraction of sp³-hybridized carbons (Fsp3) is 0.400. The van der Waals surface area contributed by atoms with E-state index in [1.165, 1.54) is 0 Å². The molecule has 0 aliphatic carbocycles. The minimum atomic E-state index is 0.152. The van der Waals surface area contributed by atoms with Crippen molar-refractivity contribution in [3.63, 3.8) is 0 Å². The molecule has 0 aromatic heterocycles. The number of thiol groups is 1. The number of hydrogen-bond donors (Lipinski definition) is 1. The largest absolute Gasteiger partial charge is 0.493 e. The molecule has 0 amide bonds. The molecule has 72 valence electrons. The van der Waals surface area contributed by atoms with Gasteiger partial charge in [0.1, 0.15) is 0 Å². The summed E-state index contributed by atoms with van der Waals surface area (Å²) in [6, 6.07) is 5.57. The van der Waals surface area contributed by atoms with Gasteiger partial charge in [0.15, 0.2) is 11.5 Å². The number of hydrogen-bond acceptors (Lipinski definition) is 3. The van der Waals surface area contributed by atoms with E-state index in [9.17, 15) is 0 Å². The predicted octanol–water partition coefficient (Wildman–Crippen LogP) is 2.77. The molecule has 0 spiro atoms. The van der Waals surface area contributed by atoms with Gasteiger partial charge in [-0.05, 0) is 32.0 Å². The summed E-state index contributed by atoms with van der Waals surface area (Å²) in [7, 11) is 1.62. The normalized spacial score (nSPS) is 10.2. The van der Waals surface area contributed by atoms with Crippen LogP contribution in [-0.4, -0.2) is 13.2 Å². The van der Waals surface area contributed by atoms with Crippen LogP contribution in [0.1, 0.15) is 13.8 Å². The third-order valence-corrected chi connectivity index (χ3v) is 1.79. The lowest BCUT2D eigenvalue weighted by molar-refractivity contribution is 0.230.